The van der Waals surface area contributed by atoms with E-state index in [1.54, 1.807) is 11.9 Å². The van der Waals surface area contributed by atoms with E-state index in [4.69, 9.17) is 0 Å². The highest BCUT2D eigenvalue weighted by Gasteiger charge is 2.04. The molecule has 94 valence electrons. The van der Waals surface area contributed by atoms with Gasteiger partial charge in [0.15, 0.2) is 0 Å². The summed E-state index contributed by atoms with van der Waals surface area (Å²) in [4.78, 5) is 1.17. The second-order valence-electron chi connectivity index (χ2n) is 4.07. The first-order chi connectivity index (χ1) is 8.79. The summed E-state index contributed by atoms with van der Waals surface area (Å²) < 4.78 is 3.29. The van der Waals surface area contributed by atoms with Crippen LogP contribution < -0.4 is 4.72 Å². The molecule has 0 spiro atoms. The van der Waals surface area contributed by atoms with Crippen LogP contribution >= 0.6 is 11.9 Å². The molecule has 2 aromatic rings. The average molecular weight is 259 g/mol. The molecule has 0 bridgehead atoms. The van der Waals surface area contributed by atoms with Gasteiger partial charge >= 0.3 is 0 Å². The van der Waals surface area contributed by atoms with Crippen molar-refractivity contribution in [3.8, 4) is 0 Å². The molecule has 0 unspecified atom stereocenters. The van der Waals surface area contributed by atoms with E-state index in [1.165, 1.54) is 4.90 Å². The predicted octanol–water partition coefficient (Wildman–Crippen LogP) is 4.25. The summed E-state index contributed by atoms with van der Waals surface area (Å²) in [6.45, 7) is 1.98. The van der Waals surface area contributed by atoms with Crippen molar-refractivity contribution in [2.75, 3.05) is 4.72 Å². The van der Waals surface area contributed by atoms with Gasteiger partial charge in [-0.3, -0.25) is 0 Å². The van der Waals surface area contributed by atoms with Gasteiger partial charge in [-0.25, -0.2) is 0 Å². The standard InChI is InChI=1S/C15H17NOS/c1-2-15(17)12-7-6-8-13(11-12)16-18-14-9-4-3-5-10-14/h3-11,15-17H,2H2,1H3/t15-/m0/s1. The van der Waals surface area contributed by atoms with Gasteiger partial charge in [-0.1, -0.05) is 37.3 Å². The quantitative estimate of drug-likeness (QED) is 0.787. The Labute approximate surface area is 112 Å². The molecule has 3 heteroatoms. The third-order valence-electron chi connectivity index (χ3n) is 2.69. The molecule has 0 saturated carbocycles. The fourth-order valence-corrected chi connectivity index (χ4v) is 2.31. The molecule has 2 aromatic carbocycles. The molecule has 2 nitrogen and oxygen atoms in total. The fourth-order valence-electron chi connectivity index (χ4n) is 1.65. The second kappa shape index (κ2) is 6.47. The SMILES string of the molecule is CC[C@H](O)c1cccc(NSc2ccccc2)c1. The fraction of sp³-hybridized carbons (Fsp3) is 0.200. The van der Waals surface area contributed by atoms with Crippen LogP contribution in [-0.4, -0.2) is 5.11 Å². The molecule has 0 radical (unpaired) electrons. The van der Waals surface area contributed by atoms with Gasteiger partial charge in [-0.2, -0.15) is 0 Å². The molecule has 0 aliphatic heterocycles. The zero-order valence-electron chi connectivity index (χ0n) is 10.3. The van der Waals surface area contributed by atoms with Gasteiger partial charge in [0, 0.05) is 10.6 Å². The highest BCUT2D eigenvalue weighted by atomic mass is 32.2. The van der Waals surface area contributed by atoms with Crippen molar-refractivity contribution < 1.29 is 5.11 Å². The van der Waals surface area contributed by atoms with Gasteiger partial charge < -0.3 is 9.83 Å². The number of aliphatic hydroxyl groups excluding tert-OH is 1. The Bertz CT molecular complexity index is 487. The lowest BCUT2D eigenvalue weighted by Gasteiger charge is -2.11. The average Bonchev–Trinajstić information content (AvgIpc) is 2.45. The van der Waals surface area contributed by atoms with Crippen LogP contribution in [0, 0.1) is 0 Å². The van der Waals surface area contributed by atoms with E-state index >= 15 is 0 Å². The van der Waals surface area contributed by atoms with Crippen molar-refractivity contribution in [2.45, 2.75) is 24.3 Å². The monoisotopic (exact) mass is 259 g/mol. The topological polar surface area (TPSA) is 32.3 Å². The lowest BCUT2D eigenvalue weighted by molar-refractivity contribution is 0.174. The zero-order valence-corrected chi connectivity index (χ0v) is 11.2. The molecule has 0 aliphatic rings. The van der Waals surface area contributed by atoms with Crippen LogP contribution in [0.5, 0.6) is 0 Å². The van der Waals surface area contributed by atoms with Crippen LogP contribution in [0.3, 0.4) is 0 Å². The van der Waals surface area contributed by atoms with Gasteiger partial charge in [-0.15, -0.1) is 0 Å². The van der Waals surface area contributed by atoms with Gasteiger partial charge in [-0.05, 0) is 48.2 Å². The van der Waals surface area contributed by atoms with Crippen LogP contribution in [0.4, 0.5) is 5.69 Å². The number of nitrogens with one attached hydrogen (secondary N) is 1. The van der Waals surface area contributed by atoms with Crippen molar-refractivity contribution in [1.29, 1.82) is 0 Å². The predicted molar refractivity (Wildman–Crippen MR) is 77.6 cm³/mol. The lowest BCUT2D eigenvalue weighted by atomic mass is 10.1. The van der Waals surface area contributed by atoms with Crippen molar-refractivity contribution in [3.05, 3.63) is 60.2 Å². The van der Waals surface area contributed by atoms with E-state index in [0.29, 0.717) is 0 Å². The van der Waals surface area contributed by atoms with Gasteiger partial charge in [0.1, 0.15) is 0 Å². The minimum absolute atomic E-state index is 0.381. The maximum atomic E-state index is 9.80. The van der Waals surface area contributed by atoms with E-state index in [0.717, 1.165) is 17.7 Å². The summed E-state index contributed by atoms with van der Waals surface area (Å²) in [5.41, 5.74) is 1.96. The van der Waals surface area contributed by atoms with Crippen molar-refractivity contribution >= 4 is 17.6 Å². The van der Waals surface area contributed by atoms with E-state index in [-0.39, 0.29) is 6.10 Å². The van der Waals surface area contributed by atoms with E-state index in [9.17, 15) is 5.11 Å². The Balaban J connectivity index is 2.01. The molecule has 1 atom stereocenters. The summed E-state index contributed by atoms with van der Waals surface area (Å²) >= 11 is 1.57. The van der Waals surface area contributed by atoms with E-state index < -0.39 is 0 Å². The van der Waals surface area contributed by atoms with Crippen molar-refractivity contribution in [2.24, 2.45) is 0 Å². The Morgan fingerprint density at radius 2 is 1.89 bits per heavy atom. The second-order valence-corrected chi connectivity index (χ2v) is 4.95. The van der Waals surface area contributed by atoms with Gasteiger partial charge in [0.05, 0.1) is 6.10 Å². The maximum absolute atomic E-state index is 9.80. The van der Waals surface area contributed by atoms with Crippen LogP contribution in [0.15, 0.2) is 59.5 Å². The minimum Gasteiger partial charge on any atom is -0.388 e. The Morgan fingerprint density at radius 1 is 1.11 bits per heavy atom. The van der Waals surface area contributed by atoms with Gasteiger partial charge in [0.2, 0.25) is 0 Å². The van der Waals surface area contributed by atoms with Crippen molar-refractivity contribution in [3.63, 3.8) is 0 Å². The number of hydrogen-bond donors (Lipinski definition) is 2. The molecule has 2 rings (SSSR count). The molecule has 0 aromatic heterocycles. The Morgan fingerprint density at radius 3 is 2.61 bits per heavy atom. The Hall–Kier alpha value is -1.45. The number of hydrogen-bond acceptors (Lipinski definition) is 3. The molecular weight excluding hydrogens is 242 g/mol. The van der Waals surface area contributed by atoms with Crippen LogP contribution in [0.2, 0.25) is 0 Å². The molecular formula is C15H17NOS. The first-order valence-corrected chi connectivity index (χ1v) is 6.87. The van der Waals surface area contributed by atoms with Crippen LogP contribution in [0.1, 0.15) is 25.0 Å². The molecule has 18 heavy (non-hydrogen) atoms. The normalized spacial score (nSPS) is 12.1. The highest BCUT2D eigenvalue weighted by molar-refractivity contribution is 8.00. The summed E-state index contributed by atoms with van der Waals surface area (Å²) in [6.07, 6.45) is 0.350. The third kappa shape index (κ3) is 3.52. The number of benzene rings is 2. The lowest BCUT2D eigenvalue weighted by Crippen LogP contribution is -1.96. The highest BCUT2D eigenvalue weighted by Crippen LogP contribution is 2.24. The van der Waals surface area contributed by atoms with E-state index in [1.807, 2.05) is 49.4 Å². The minimum atomic E-state index is -0.381. The van der Waals surface area contributed by atoms with E-state index in [2.05, 4.69) is 16.9 Å². The van der Waals surface area contributed by atoms with Crippen LogP contribution in [0.25, 0.3) is 0 Å². The first-order valence-electron chi connectivity index (χ1n) is 6.05. The van der Waals surface area contributed by atoms with Crippen molar-refractivity contribution in [1.82, 2.24) is 0 Å². The summed E-state index contributed by atoms with van der Waals surface area (Å²) in [7, 11) is 0. The van der Waals surface area contributed by atoms with Gasteiger partial charge in [0.25, 0.3) is 0 Å². The molecule has 2 N–H and O–H groups in total. The number of aliphatic hydroxyl groups is 1. The summed E-state index contributed by atoms with van der Waals surface area (Å²) in [5, 5.41) is 9.80. The molecule has 0 saturated heterocycles. The molecule has 0 amide bonds. The summed E-state index contributed by atoms with van der Waals surface area (Å²) in [5.74, 6) is 0. The summed E-state index contributed by atoms with van der Waals surface area (Å²) in [6, 6.07) is 18.1. The molecule has 0 fully saturated rings. The Kier molecular flexibility index (Phi) is 4.67. The molecule has 0 aliphatic carbocycles. The third-order valence-corrected chi connectivity index (χ3v) is 3.53. The molecule has 0 heterocycles. The number of rotatable bonds is 5. The largest absolute Gasteiger partial charge is 0.388 e. The first kappa shape index (κ1) is 13.0. The van der Waals surface area contributed by atoms with Crippen LogP contribution in [-0.2, 0) is 0 Å². The smallest absolute Gasteiger partial charge is 0.0788 e. The number of anilines is 1. The zero-order chi connectivity index (χ0) is 12.8. The maximum Gasteiger partial charge on any atom is 0.0788 e.